The van der Waals surface area contributed by atoms with Crippen LogP contribution in [0.5, 0.6) is 0 Å². The Hall–Kier alpha value is -5.54. The lowest BCUT2D eigenvalue weighted by Gasteiger charge is -2.04. The molecule has 136 valence electrons. The van der Waals surface area contributed by atoms with Crippen LogP contribution >= 0.6 is 0 Å². The van der Waals surface area contributed by atoms with Crippen molar-refractivity contribution >= 4 is 35.7 Å². The summed E-state index contributed by atoms with van der Waals surface area (Å²) in [4.78, 5) is 23.0. The lowest BCUT2D eigenvalue weighted by atomic mass is 10.8. The molecule has 0 aromatic carbocycles. The molecule has 0 saturated heterocycles. The summed E-state index contributed by atoms with van der Waals surface area (Å²) < 4.78 is -0.392. The minimum absolute atomic E-state index is 0.196. The van der Waals surface area contributed by atoms with Crippen LogP contribution in [0.1, 0.15) is 0 Å². The molecule has 22 heteroatoms. The molecule has 2 rings (SSSR count). The second-order valence-corrected chi connectivity index (χ2v) is 3.79. The third kappa shape index (κ3) is 4.10. The number of hydrogen-bond donors (Lipinski definition) is 0. The van der Waals surface area contributed by atoms with Gasteiger partial charge in [-0.2, -0.15) is 0 Å². The fourth-order valence-electron chi connectivity index (χ4n) is 1.36. The highest BCUT2D eigenvalue weighted by molar-refractivity contribution is 5.28. The normalized spacial score (nSPS) is 9.57. The van der Waals surface area contributed by atoms with Crippen LogP contribution in [0.15, 0.2) is 30.7 Å². The third-order valence-electron chi connectivity index (χ3n) is 2.29. The zero-order valence-corrected chi connectivity index (χ0v) is 12.8. The Morgan fingerprint density at radius 1 is 0.571 bits per heavy atom. The van der Waals surface area contributed by atoms with Gasteiger partial charge in [-0.05, 0) is 11.1 Å². The smallest absolute Gasteiger partial charge is 0.443 e. The van der Waals surface area contributed by atoms with E-state index in [2.05, 4.69) is 70.3 Å². The van der Waals surface area contributed by atoms with E-state index < -0.39 is 35.7 Å². The van der Waals surface area contributed by atoms with E-state index in [-0.39, 0.29) is 9.46 Å². The summed E-state index contributed by atoms with van der Waals surface area (Å²) >= 11 is 0. The van der Waals surface area contributed by atoms with Crippen molar-refractivity contribution in [3.63, 3.8) is 0 Å². The van der Waals surface area contributed by atoms with Gasteiger partial charge in [0.25, 0.3) is 10.2 Å². The van der Waals surface area contributed by atoms with Gasteiger partial charge in [-0.1, -0.05) is 19.9 Å². The van der Waals surface area contributed by atoms with Gasteiger partial charge in [0.1, 0.15) is 0 Å². The number of rotatable bonds is 6. The number of aromatic nitrogens is 6. The van der Waals surface area contributed by atoms with Crippen molar-refractivity contribution in [1.82, 2.24) is 19.9 Å². The third-order valence-corrected chi connectivity index (χ3v) is 2.29. The molecule has 0 aliphatic heterocycles. The molecule has 0 radical (unpaired) electrons. The lowest BCUT2D eigenvalue weighted by Crippen LogP contribution is -2.30. The Morgan fingerprint density at radius 2 is 0.893 bits per heavy atom. The predicted molar refractivity (Wildman–Crippen MR) is 81.4 cm³/mol. The van der Waals surface area contributed by atoms with Crippen LogP contribution in [0.4, 0.5) is 35.7 Å². The Kier molecular flexibility index (Phi) is 5.72. The van der Waals surface area contributed by atoms with E-state index in [9.17, 15) is 10.4 Å². The van der Waals surface area contributed by atoms with Crippen molar-refractivity contribution in [2.24, 2.45) is 30.7 Å². The van der Waals surface area contributed by atoms with Gasteiger partial charge in [0, 0.05) is 41.3 Å². The summed E-state index contributed by atoms with van der Waals surface area (Å²) in [6, 6.07) is 0. The molecule has 0 N–H and O–H groups in total. The minimum atomic E-state index is -0.867. The van der Waals surface area contributed by atoms with Gasteiger partial charge in [0.05, 0.1) is 0 Å². The molecule has 0 fully saturated rings. The average molecular weight is 384 g/mol. The molecule has 0 amide bonds. The van der Waals surface area contributed by atoms with Crippen LogP contribution in [0.25, 0.3) is 41.8 Å². The highest BCUT2D eigenvalue weighted by atomic mass is 16.5. The number of azide groups is 4. The molecule has 0 aliphatic carbocycles. The quantitative estimate of drug-likeness (QED) is 0.236. The van der Waals surface area contributed by atoms with E-state index in [1.807, 2.05) is 0 Å². The minimum Gasteiger partial charge on any atom is -0.762 e. The topological polar surface area (TPSA) is 325 Å². The molecule has 2 aromatic rings. The molecule has 2 aromatic heterocycles. The first kappa shape index (κ1) is 18.8. The average Bonchev–Trinajstić information content (AvgIpc) is 2.67. The maximum absolute atomic E-state index is 11.9. The molecule has 0 spiro atoms. The van der Waals surface area contributed by atoms with Crippen molar-refractivity contribution in [3.05, 3.63) is 52.2 Å². The molecule has 0 saturated carbocycles. The van der Waals surface area contributed by atoms with Gasteiger partial charge in [0.2, 0.25) is 0 Å². The van der Waals surface area contributed by atoms with E-state index in [0.717, 1.165) is 0 Å². The van der Waals surface area contributed by atoms with Crippen molar-refractivity contribution in [2.45, 2.75) is 0 Å². The highest BCUT2D eigenvalue weighted by Crippen LogP contribution is 2.18. The van der Waals surface area contributed by atoms with Gasteiger partial charge < -0.3 is 10.4 Å². The van der Waals surface area contributed by atoms with E-state index in [1.165, 1.54) is 0 Å². The Balaban J connectivity index is 2.65. The first-order chi connectivity index (χ1) is 13.5. The zero-order valence-electron chi connectivity index (χ0n) is 12.8. The summed E-state index contributed by atoms with van der Waals surface area (Å²) in [5, 5.41) is 42.4. The molecule has 2 heterocycles. The van der Waals surface area contributed by atoms with Crippen LogP contribution in [0.2, 0.25) is 0 Å². The SMILES string of the molecule is [N-]=[N+]=Nc1nc(N=[N+]=[N-])[n+]([O-])c(/N=N/c2nc(N=[N+]=[N-])nc(N=[N+]=[N-])[n+]2[O-])n1. The molecular formula is C6N20O2. The zero-order chi connectivity index (χ0) is 20.5. The largest absolute Gasteiger partial charge is 0.762 e. The van der Waals surface area contributed by atoms with Crippen LogP contribution in [0, 0.1) is 10.4 Å². The van der Waals surface area contributed by atoms with E-state index >= 15 is 0 Å². The Labute approximate surface area is 149 Å². The molecule has 0 bridgehead atoms. The first-order valence-corrected chi connectivity index (χ1v) is 6.19. The van der Waals surface area contributed by atoms with Gasteiger partial charge in [-0.3, -0.25) is 0 Å². The number of hydrogen-bond acceptors (Lipinski definition) is 12. The number of azo groups is 1. The second-order valence-electron chi connectivity index (χ2n) is 3.79. The highest BCUT2D eigenvalue weighted by Gasteiger charge is 2.22. The maximum atomic E-state index is 11.9. The van der Waals surface area contributed by atoms with Crippen LogP contribution < -0.4 is 9.46 Å². The molecule has 28 heavy (non-hydrogen) atoms. The van der Waals surface area contributed by atoms with Crippen LogP contribution in [-0.2, 0) is 0 Å². The summed E-state index contributed by atoms with van der Waals surface area (Å²) in [5.74, 6) is -4.70. The maximum Gasteiger partial charge on any atom is 0.443 e. The fraction of sp³-hybridized carbons (Fsp3) is 0. The Bertz CT molecular complexity index is 1060. The van der Waals surface area contributed by atoms with Crippen molar-refractivity contribution < 1.29 is 9.46 Å². The van der Waals surface area contributed by atoms with Crippen LogP contribution in [0.3, 0.4) is 0 Å². The molecule has 0 unspecified atom stereocenters. The molecule has 22 nitrogen and oxygen atoms in total. The van der Waals surface area contributed by atoms with Gasteiger partial charge in [-0.25, -0.2) is 9.46 Å². The first-order valence-electron chi connectivity index (χ1n) is 6.19. The molecule has 0 aliphatic rings. The Morgan fingerprint density at radius 3 is 1.21 bits per heavy atom. The predicted octanol–water partition coefficient (Wildman–Crippen LogP) is 2.72. The summed E-state index contributed by atoms with van der Waals surface area (Å²) in [5.41, 5.74) is 33.6. The lowest BCUT2D eigenvalue weighted by molar-refractivity contribution is -0.586. The van der Waals surface area contributed by atoms with Gasteiger partial charge in [0.15, 0.2) is 9.82 Å². The van der Waals surface area contributed by atoms with Gasteiger partial charge in [-0.15, -0.1) is 0 Å². The second kappa shape index (κ2) is 8.53. The summed E-state index contributed by atoms with van der Waals surface area (Å²) in [6.45, 7) is 0. The van der Waals surface area contributed by atoms with E-state index in [1.54, 1.807) is 0 Å². The fourth-order valence-corrected chi connectivity index (χ4v) is 1.36. The van der Waals surface area contributed by atoms with E-state index in [0.29, 0.717) is 0 Å². The van der Waals surface area contributed by atoms with Crippen molar-refractivity contribution in [2.75, 3.05) is 0 Å². The summed E-state index contributed by atoms with van der Waals surface area (Å²) in [6.07, 6.45) is 0. The van der Waals surface area contributed by atoms with Crippen molar-refractivity contribution in [1.29, 1.82) is 0 Å². The summed E-state index contributed by atoms with van der Waals surface area (Å²) in [7, 11) is 0. The van der Waals surface area contributed by atoms with Gasteiger partial charge >= 0.3 is 35.7 Å². The molecule has 0 atom stereocenters. The van der Waals surface area contributed by atoms with Crippen molar-refractivity contribution in [3.8, 4) is 0 Å². The van der Waals surface area contributed by atoms with Crippen LogP contribution in [-0.4, -0.2) is 19.9 Å². The van der Waals surface area contributed by atoms with E-state index in [4.69, 9.17) is 22.1 Å². The molecular weight excluding hydrogens is 384 g/mol. The monoisotopic (exact) mass is 384 g/mol. The number of nitrogens with zero attached hydrogens (tertiary/aromatic N) is 20. The standard InChI is InChI=1S/C6N20O2/c7-21-15-1-11-3(25(27)5(13-1)19-23-9)17-18-4-12-2(16-22-8)14-6(20-24-10)26(4)28/b18-17+.